The maximum absolute atomic E-state index is 12.3. The van der Waals surface area contributed by atoms with E-state index in [1.54, 1.807) is 7.05 Å². The summed E-state index contributed by atoms with van der Waals surface area (Å²) >= 11 is 0. The Hall–Kier alpha value is -1.23. The van der Waals surface area contributed by atoms with Crippen LogP contribution in [0.15, 0.2) is 21.9 Å². The quantitative estimate of drug-likeness (QED) is 0.157. The number of nitrogens with two attached hydrogens (primary N) is 1. The largest absolute Gasteiger partial charge is 1.00 e. The molecule has 0 radical (unpaired) electrons. The predicted molar refractivity (Wildman–Crippen MR) is 83.5 cm³/mol. The number of hydrogen-bond acceptors (Lipinski definition) is 8. The zero-order valence-electron chi connectivity index (χ0n) is 14.4. The monoisotopic (exact) mass is 430 g/mol. The van der Waals surface area contributed by atoms with E-state index in [1.165, 1.54) is 17.1 Å². The maximum Gasteiger partial charge on any atom is 1.00 e. The fourth-order valence-electron chi connectivity index (χ4n) is 2.90. The summed E-state index contributed by atoms with van der Waals surface area (Å²) in [5.74, 6) is -0.339. The van der Waals surface area contributed by atoms with Gasteiger partial charge in [-0.1, -0.05) is 0 Å². The molecule has 0 saturated carbocycles. The van der Waals surface area contributed by atoms with Crippen molar-refractivity contribution >= 4 is 32.3 Å². The normalized spacial score (nSPS) is 23.5. The first-order chi connectivity index (χ1) is 12.0. The molecule has 2 N–H and O–H groups in total. The number of hydrogen-bond donors (Lipinski definition) is 1. The van der Waals surface area contributed by atoms with E-state index in [-0.39, 0.29) is 59.8 Å². The number of sulfonamides is 1. The van der Waals surface area contributed by atoms with Crippen molar-refractivity contribution < 1.29 is 60.0 Å². The summed E-state index contributed by atoms with van der Waals surface area (Å²) < 4.78 is 65.9. The van der Waals surface area contributed by atoms with E-state index in [2.05, 4.69) is 13.7 Å². The van der Waals surface area contributed by atoms with Crippen LogP contribution in [0, 0.1) is 0 Å². The zero-order valence-corrected chi connectivity index (χ0v) is 18.1. The number of fused-ring (bicyclic) bond motifs is 2. The van der Waals surface area contributed by atoms with E-state index in [0.717, 1.165) is 4.90 Å². The number of rotatable bonds is 5. The minimum absolute atomic E-state index is 0. The molecule has 2 aliphatic rings. The number of aromatic nitrogens is 2. The minimum Gasteiger partial charge on any atom is -0.724 e. The van der Waals surface area contributed by atoms with Crippen LogP contribution in [-0.4, -0.2) is 71.4 Å². The molecule has 2 saturated heterocycles. The summed E-state index contributed by atoms with van der Waals surface area (Å²) in [5.41, 5.74) is 5.80. The van der Waals surface area contributed by atoms with E-state index in [0.29, 0.717) is 5.06 Å². The summed E-state index contributed by atoms with van der Waals surface area (Å²) in [6.45, 7) is 0.0267. The first-order valence-electron chi connectivity index (χ1n) is 7.31. The minimum atomic E-state index is -5.12. The number of carbonyl (C=O) groups is 1. The molecule has 27 heavy (non-hydrogen) atoms. The molecular weight excluding hydrogens is 415 g/mol. The smallest absolute Gasteiger partial charge is 0.724 e. The molecule has 2 atom stereocenters. The van der Waals surface area contributed by atoms with Crippen molar-refractivity contribution in [1.82, 2.24) is 19.5 Å². The first-order valence-corrected chi connectivity index (χ1v) is 10.1. The second-order valence-electron chi connectivity index (χ2n) is 5.86. The van der Waals surface area contributed by atoms with Crippen molar-refractivity contribution in [2.45, 2.75) is 30.0 Å². The molecule has 2 fully saturated rings. The molecule has 2 amide bonds. The van der Waals surface area contributed by atoms with Gasteiger partial charge in [-0.05, 0) is 12.8 Å². The number of aryl methyl sites for hydroxylation is 1. The van der Waals surface area contributed by atoms with E-state index < -0.39 is 38.5 Å². The third-order valence-electron chi connectivity index (χ3n) is 4.01. The van der Waals surface area contributed by atoms with Crippen LogP contribution in [0.2, 0.25) is 0 Å². The number of amidine groups is 1. The Bertz CT molecular complexity index is 975. The van der Waals surface area contributed by atoms with E-state index in [9.17, 15) is 26.2 Å². The van der Waals surface area contributed by atoms with E-state index in [4.69, 9.17) is 5.73 Å². The topological polar surface area (TPSA) is 180 Å². The van der Waals surface area contributed by atoms with Gasteiger partial charge in [0.05, 0.1) is 18.4 Å². The van der Waals surface area contributed by atoms with Gasteiger partial charge in [0.15, 0.2) is 5.03 Å². The Labute approximate surface area is 177 Å². The van der Waals surface area contributed by atoms with Crippen LogP contribution in [0.5, 0.6) is 0 Å². The van der Waals surface area contributed by atoms with Gasteiger partial charge in [0.25, 0.3) is 0 Å². The number of urea groups is 1. The number of hydroxylamine groups is 2. The van der Waals surface area contributed by atoms with Gasteiger partial charge in [-0.3, -0.25) is 0 Å². The molecule has 3 rings (SSSR count). The predicted octanol–water partition coefficient (Wildman–Crippen LogP) is -4.87. The molecule has 16 heteroatoms. The summed E-state index contributed by atoms with van der Waals surface area (Å²) in [4.78, 5) is 17.1. The Morgan fingerprint density at radius 1 is 1.37 bits per heavy atom. The molecule has 13 nitrogen and oxygen atoms in total. The summed E-state index contributed by atoms with van der Waals surface area (Å²) in [5, 5.41) is 0.176. The standard InChI is InChI=1S/C11H16N6O7S2.Na/c1-15-5-9(13-6-15)25(19,20)14-10(12)8-3-2-7-4-16(8)11(18)17(7)24-26(21,22)23;/h5-8H,2-4H2,1H3,(H2,12,14)(H,21,22,23);/q;+1/p-1/t7-,8+;/m1./s1. The average molecular weight is 430 g/mol. The fraction of sp³-hybridized carbons (Fsp3) is 0.545. The molecule has 2 aliphatic heterocycles. The maximum atomic E-state index is 12.3. The molecule has 0 aliphatic carbocycles. The summed E-state index contributed by atoms with van der Waals surface area (Å²) in [6.07, 6.45) is 3.01. The number of carbonyl (C=O) groups excluding carboxylic acids is 1. The van der Waals surface area contributed by atoms with Crippen molar-refractivity contribution in [3.05, 3.63) is 12.5 Å². The SMILES string of the molecule is Cn1cnc(S(=O)(=O)N=C(N)[C@@H]2CC[C@@H]3CN2C(=O)N3OS(=O)(=O)[O-])c1.[Na+]. The van der Waals surface area contributed by atoms with Crippen LogP contribution in [0.3, 0.4) is 0 Å². The number of amides is 2. The molecule has 144 valence electrons. The zero-order chi connectivity index (χ0) is 19.3. The van der Waals surface area contributed by atoms with Gasteiger partial charge in [-0.15, -0.1) is 4.40 Å². The first kappa shape index (κ1) is 22.1. The van der Waals surface area contributed by atoms with Crippen molar-refractivity contribution in [3.63, 3.8) is 0 Å². The van der Waals surface area contributed by atoms with Gasteiger partial charge >= 0.3 is 45.6 Å². The van der Waals surface area contributed by atoms with Gasteiger partial charge in [-0.2, -0.15) is 17.8 Å². The third-order valence-corrected chi connectivity index (χ3v) is 5.54. The second kappa shape index (κ2) is 7.65. The van der Waals surface area contributed by atoms with Gasteiger partial charge in [-0.25, -0.2) is 18.2 Å². The number of imidazole rings is 1. The molecule has 0 spiro atoms. The van der Waals surface area contributed by atoms with Gasteiger partial charge in [0.2, 0.25) is 10.4 Å². The third kappa shape index (κ3) is 4.61. The molecule has 1 aromatic rings. The molecule has 0 aromatic carbocycles. The van der Waals surface area contributed by atoms with Crippen LogP contribution in [-0.2, 0) is 31.8 Å². The Morgan fingerprint density at radius 3 is 2.59 bits per heavy atom. The number of nitrogens with zero attached hydrogens (tertiary/aromatic N) is 5. The van der Waals surface area contributed by atoms with E-state index >= 15 is 0 Å². The Balaban J connectivity index is 0.00000261. The van der Waals surface area contributed by atoms with Crippen molar-refractivity contribution in [2.24, 2.45) is 17.2 Å². The molecule has 2 bridgehead atoms. The Morgan fingerprint density at radius 2 is 2.04 bits per heavy atom. The summed E-state index contributed by atoms with van der Waals surface area (Å²) in [7, 11) is -7.70. The van der Waals surface area contributed by atoms with Crippen LogP contribution >= 0.6 is 0 Å². The molecular formula is C11H15N6NaO7S2. The number of piperidine rings is 1. The summed E-state index contributed by atoms with van der Waals surface area (Å²) in [6, 6.07) is -2.42. The van der Waals surface area contributed by atoms with Crippen LogP contribution in [0.4, 0.5) is 4.79 Å². The van der Waals surface area contributed by atoms with Crippen LogP contribution < -0.4 is 35.3 Å². The Kier molecular flexibility index (Phi) is 6.25. The fourth-order valence-corrected chi connectivity index (χ4v) is 4.26. The average Bonchev–Trinajstić information content (AvgIpc) is 3.05. The van der Waals surface area contributed by atoms with Crippen molar-refractivity contribution in [1.29, 1.82) is 0 Å². The second-order valence-corrected chi connectivity index (χ2v) is 8.38. The van der Waals surface area contributed by atoms with Crippen molar-refractivity contribution in [3.8, 4) is 0 Å². The van der Waals surface area contributed by atoms with Crippen molar-refractivity contribution in [2.75, 3.05) is 6.54 Å². The van der Waals surface area contributed by atoms with E-state index in [1.807, 2.05) is 0 Å². The molecule has 3 heterocycles. The molecule has 1 aromatic heterocycles. The molecule has 0 unspecified atom stereocenters. The van der Waals surface area contributed by atoms with Crippen LogP contribution in [0.25, 0.3) is 0 Å². The van der Waals surface area contributed by atoms with Gasteiger partial charge < -0.3 is 19.8 Å². The van der Waals surface area contributed by atoms with Gasteiger partial charge in [0, 0.05) is 19.8 Å². The van der Waals surface area contributed by atoms with Gasteiger partial charge in [0.1, 0.15) is 5.84 Å². The van der Waals surface area contributed by atoms with Crippen LogP contribution in [0.1, 0.15) is 12.8 Å².